The summed E-state index contributed by atoms with van der Waals surface area (Å²) in [7, 11) is 1.86. The normalized spacial score (nSPS) is 19.1. The van der Waals surface area contributed by atoms with Crippen LogP contribution < -0.4 is 10.6 Å². The van der Waals surface area contributed by atoms with Gasteiger partial charge in [-0.2, -0.15) is 0 Å². The molecule has 0 radical (unpaired) electrons. The number of carbonyl (C=O) groups is 2. The Kier molecular flexibility index (Phi) is 5.07. The highest BCUT2D eigenvalue weighted by molar-refractivity contribution is 6.22. The van der Waals surface area contributed by atoms with Crippen LogP contribution in [-0.2, 0) is 9.59 Å². The molecule has 20 heavy (non-hydrogen) atoms. The van der Waals surface area contributed by atoms with Crippen molar-refractivity contribution in [2.24, 2.45) is 0 Å². The topological polar surface area (TPSA) is 58.2 Å². The van der Waals surface area contributed by atoms with Crippen molar-refractivity contribution in [2.45, 2.75) is 18.8 Å². The number of carbonyl (C=O) groups excluding carboxylic acids is 2. The third-order valence-corrected chi connectivity index (χ3v) is 3.50. The van der Waals surface area contributed by atoms with E-state index in [0.717, 1.165) is 12.1 Å². The number of likely N-dealkylation sites (N-methyl/N-ethyl adjacent to an activating group) is 1. The van der Waals surface area contributed by atoms with Crippen LogP contribution in [0.25, 0.3) is 0 Å². The molecule has 1 aliphatic carbocycles. The Morgan fingerprint density at radius 3 is 2.35 bits per heavy atom. The number of nitrogens with one attached hydrogen (secondary N) is 2. The second-order valence-electron chi connectivity index (χ2n) is 4.98. The van der Waals surface area contributed by atoms with E-state index in [-0.39, 0.29) is 17.5 Å². The maximum atomic E-state index is 12.1. The predicted molar refractivity (Wildman–Crippen MR) is 78.4 cm³/mol. The van der Waals surface area contributed by atoms with Gasteiger partial charge in [0.1, 0.15) is 0 Å². The number of hydrogen-bond donors (Lipinski definition) is 2. The maximum absolute atomic E-state index is 12.1. The van der Waals surface area contributed by atoms with Crippen molar-refractivity contribution in [1.82, 2.24) is 10.6 Å². The lowest BCUT2D eigenvalue weighted by atomic mass is 9.80. The van der Waals surface area contributed by atoms with E-state index in [4.69, 9.17) is 0 Å². The number of allylic oxidation sites excluding steroid dienone is 1. The van der Waals surface area contributed by atoms with E-state index in [1.54, 1.807) is 6.20 Å². The van der Waals surface area contributed by atoms with Crippen LogP contribution in [0.5, 0.6) is 0 Å². The van der Waals surface area contributed by atoms with Crippen LogP contribution in [0, 0.1) is 0 Å². The van der Waals surface area contributed by atoms with Crippen LogP contribution in [-0.4, -0.2) is 31.7 Å². The van der Waals surface area contributed by atoms with Gasteiger partial charge >= 0.3 is 0 Å². The zero-order chi connectivity index (χ0) is 14.4. The average molecular weight is 272 g/mol. The molecule has 0 saturated heterocycles. The highest BCUT2D eigenvalue weighted by Gasteiger charge is 2.31. The minimum atomic E-state index is -0.0629. The van der Waals surface area contributed by atoms with Crippen molar-refractivity contribution < 1.29 is 9.59 Å². The van der Waals surface area contributed by atoms with Gasteiger partial charge in [0, 0.05) is 32.1 Å². The van der Waals surface area contributed by atoms with Crippen molar-refractivity contribution in [1.29, 1.82) is 0 Å². The van der Waals surface area contributed by atoms with Gasteiger partial charge in [-0.1, -0.05) is 30.3 Å². The molecule has 2 N–H and O–H groups in total. The van der Waals surface area contributed by atoms with Gasteiger partial charge in [0.15, 0.2) is 11.6 Å². The average Bonchev–Trinajstić information content (AvgIpc) is 2.46. The van der Waals surface area contributed by atoms with Gasteiger partial charge in [-0.05, 0) is 18.5 Å². The molecule has 0 aromatic heterocycles. The number of ketones is 2. The number of Topliss-reactive ketones (excluding diaryl/α,β-unsaturated/α-hetero) is 2. The number of benzene rings is 1. The van der Waals surface area contributed by atoms with Crippen molar-refractivity contribution in [3.63, 3.8) is 0 Å². The lowest BCUT2D eigenvalue weighted by Gasteiger charge is -2.22. The molecular weight excluding hydrogens is 252 g/mol. The molecule has 0 spiro atoms. The summed E-state index contributed by atoms with van der Waals surface area (Å²) in [4.78, 5) is 24.2. The highest BCUT2D eigenvalue weighted by Crippen LogP contribution is 2.31. The zero-order valence-corrected chi connectivity index (χ0v) is 11.7. The first kappa shape index (κ1) is 14.5. The lowest BCUT2D eigenvalue weighted by Crippen LogP contribution is -2.28. The van der Waals surface area contributed by atoms with Gasteiger partial charge in [-0.15, -0.1) is 0 Å². The van der Waals surface area contributed by atoms with Crippen LogP contribution >= 0.6 is 0 Å². The largest absolute Gasteiger partial charge is 0.389 e. The summed E-state index contributed by atoms with van der Waals surface area (Å²) in [5.41, 5.74) is 1.38. The molecule has 1 fully saturated rings. The van der Waals surface area contributed by atoms with E-state index >= 15 is 0 Å². The fraction of sp³-hybridized carbons (Fsp3) is 0.375. The summed E-state index contributed by atoms with van der Waals surface area (Å²) in [6.45, 7) is 1.49. The molecule has 1 saturated carbocycles. The van der Waals surface area contributed by atoms with Crippen LogP contribution in [0.1, 0.15) is 24.3 Å². The second-order valence-corrected chi connectivity index (χ2v) is 4.98. The Balaban J connectivity index is 2.02. The van der Waals surface area contributed by atoms with E-state index < -0.39 is 0 Å². The van der Waals surface area contributed by atoms with Crippen LogP contribution in [0.15, 0.2) is 42.1 Å². The Morgan fingerprint density at radius 1 is 1.10 bits per heavy atom. The van der Waals surface area contributed by atoms with Crippen LogP contribution in [0.3, 0.4) is 0 Å². The molecule has 4 heteroatoms. The molecule has 0 aliphatic heterocycles. The van der Waals surface area contributed by atoms with Gasteiger partial charge in [-0.25, -0.2) is 0 Å². The van der Waals surface area contributed by atoms with E-state index in [1.165, 1.54) is 0 Å². The van der Waals surface area contributed by atoms with Gasteiger partial charge < -0.3 is 10.6 Å². The highest BCUT2D eigenvalue weighted by atomic mass is 16.1. The quantitative estimate of drug-likeness (QED) is 0.483. The molecule has 0 amide bonds. The first-order chi connectivity index (χ1) is 9.72. The van der Waals surface area contributed by atoms with E-state index in [2.05, 4.69) is 10.6 Å². The molecule has 1 aliphatic rings. The summed E-state index contributed by atoms with van der Waals surface area (Å²) >= 11 is 0. The standard InChI is InChI=1S/C16H20N2O2/c1-17-7-8-18-11-14-15(19)9-13(10-16(14)20)12-5-3-2-4-6-12/h2-6,11,13,17-18H,7-10H2,1H3. The van der Waals surface area contributed by atoms with Crippen molar-refractivity contribution in [3.8, 4) is 0 Å². The fourth-order valence-electron chi connectivity index (χ4n) is 2.39. The predicted octanol–water partition coefficient (Wildman–Crippen LogP) is 1.40. The molecule has 1 aromatic carbocycles. The first-order valence-electron chi connectivity index (χ1n) is 6.92. The fourth-order valence-corrected chi connectivity index (χ4v) is 2.39. The van der Waals surface area contributed by atoms with E-state index in [0.29, 0.717) is 25.0 Å². The molecule has 0 atom stereocenters. The molecular formula is C16H20N2O2. The molecule has 4 nitrogen and oxygen atoms in total. The summed E-state index contributed by atoms with van der Waals surface area (Å²) in [5.74, 6) is -0.107. The molecule has 1 aromatic rings. The molecule has 0 bridgehead atoms. The Morgan fingerprint density at radius 2 is 1.75 bits per heavy atom. The minimum absolute atomic E-state index is 0.0191. The number of rotatable bonds is 5. The molecule has 0 heterocycles. The molecule has 106 valence electrons. The Bertz CT molecular complexity index is 488. The zero-order valence-electron chi connectivity index (χ0n) is 11.7. The second kappa shape index (κ2) is 7.01. The van der Waals surface area contributed by atoms with Crippen LogP contribution in [0.2, 0.25) is 0 Å². The number of hydrogen-bond acceptors (Lipinski definition) is 4. The summed E-state index contributed by atoms with van der Waals surface area (Å²) in [5, 5.41) is 6.00. The van der Waals surface area contributed by atoms with Gasteiger partial charge in [-0.3, -0.25) is 9.59 Å². The third-order valence-electron chi connectivity index (χ3n) is 3.50. The van der Waals surface area contributed by atoms with Crippen molar-refractivity contribution >= 4 is 11.6 Å². The van der Waals surface area contributed by atoms with E-state index in [9.17, 15) is 9.59 Å². The maximum Gasteiger partial charge on any atom is 0.168 e. The Hall–Kier alpha value is -1.94. The monoisotopic (exact) mass is 272 g/mol. The summed E-state index contributed by atoms with van der Waals surface area (Å²) in [6, 6.07) is 9.77. The van der Waals surface area contributed by atoms with Crippen molar-refractivity contribution in [2.75, 3.05) is 20.1 Å². The van der Waals surface area contributed by atoms with E-state index in [1.807, 2.05) is 37.4 Å². The minimum Gasteiger partial charge on any atom is -0.389 e. The van der Waals surface area contributed by atoms with Gasteiger partial charge in [0.05, 0.1) is 5.57 Å². The molecule has 0 unspecified atom stereocenters. The summed E-state index contributed by atoms with van der Waals surface area (Å²) in [6.07, 6.45) is 2.40. The third kappa shape index (κ3) is 3.54. The first-order valence-corrected chi connectivity index (χ1v) is 6.92. The molecule has 2 rings (SSSR count). The van der Waals surface area contributed by atoms with Crippen LogP contribution in [0.4, 0.5) is 0 Å². The van der Waals surface area contributed by atoms with Gasteiger partial charge in [0.2, 0.25) is 0 Å². The lowest BCUT2D eigenvalue weighted by molar-refractivity contribution is -0.124. The smallest absolute Gasteiger partial charge is 0.168 e. The van der Waals surface area contributed by atoms with Gasteiger partial charge in [0.25, 0.3) is 0 Å². The summed E-state index contributed by atoms with van der Waals surface area (Å²) < 4.78 is 0. The van der Waals surface area contributed by atoms with Crippen molar-refractivity contribution in [3.05, 3.63) is 47.7 Å². The SMILES string of the molecule is CNCCNC=C1C(=O)CC(c2ccccc2)CC1=O. The Labute approximate surface area is 119 Å².